The topological polar surface area (TPSA) is 77.7 Å². The number of nitrogens with zero attached hydrogens (tertiary/aromatic N) is 3. The monoisotopic (exact) mass is 337 g/mol. The van der Waals surface area contributed by atoms with Gasteiger partial charge in [-0.2, -0.15) is 4.98 Å². The first kappa shape index (κ1) is 17.4. The van der Waals surface area contributed by atoms with Crippen molar-refractivity contribution in [1.82, 2.24) is 15.0 Å². The van der Waals surface area contributed by atoms with Crippen LogP contribution in [0.1, 0.15) is 56.7 Å². The Hall–Kier alpha value is -1.47. The summed E-state index contributed by atoms with van der Waals surface area (Å²) >= 11 is 0. The minimum Gasteiger partial charge on any atom is -0.376 e. The molecule has 0 N–H and O–H groups in total. The van der Waals surface area contributed by atoms with Gasteiger partial charge < -0.3 is 18.9 Å². The normalized spacial score (nSPS) is 26.3. The van der Waals surface area contributed by atoms with Crippen LogP contribution in [0.2, 0.25) is 0 Å². The molecule has 3 unspecified atom stereocenters. The zero-order valence-corrected chi connectivity index (χ0v) is 14.6. The van der Waals surface area contributed by atoms with Gasteiger partial charge in [-0.15, -0.1) is 0 Å². The summed E-state index contributed by atoms with van der Waals surface area (Å²) in [6, 6.07) is 0. The molecule has 3 rings (SSSR count). The molecule has 3 heterocycles. The van der Waals surface area contributed by atoms with Crippen LogP contribution in [-0.4, -0.2) is 59.5 Å². The Bertz CT molecular complexity index is 542. The second-order valence-corrected chi connectivity index (χ2v) is 6.77. The van der Waals surface area contributed by atoms with Crippen molar-refractivity contribution >= 4 is 5.91 Å². The molecule has 0 bridgehead atoms. The molecule has 2 aliphatic heterocycles. The van der Waals surface area contributed by atoms with E-state index in [1.165, 1.54) is 6.42 Å². The Balaban J connectivity index is 1.49. The van der Waals surface area contributed by atoms with E-state index in [0.717, 1.165) is 38.8 Å². The fourth-order valence-corrected chi connectivity index (χ4v) is 3.38. The second kappa shape index (κ2) is 8.07. The van der Waals surface area contributed by atoms with Gasteiger partial charge in [0.15, 0.2) is 5.82 Å². The van der Waals surface area contributed by atoms with Gasteiger partial charge in [-0.3, -0.25) is 4.79 Å². The summed E-state index contributed by atoms with van der Waals surface area (Å²) in [4.78, 5) is 18.8. The highest BCUT2D eigenvalue weighted by molar-refractivity contribution is 5.80. The van der Waals surface area contributed by atoms with Crippen LogP contribution in [0.25, 0.3) is 0 Å². The molecule has 1 amide bonds. The third-order valence-electron chi connectivity index (χ3n) is 4.78. The van der Waals surface area contributed by atoms with Gasteiger partial charge in [0.1, 0.15) is 6.10 Å². The maximum absolute atomic E-state index is 12.6. The molecule has 0 aliphatic carbocycles. The summed E-state index contributed by atoms with van der Waals surface area (Å²) in [6.07, 6.45) is 4.90. The zero-order valence-electron chi connectivity index (χ0n) is 14.6. The van der Waals surface area contributed by atoms with Crippen molar-refractivity contribution in [2.24, 2.45) is 0 Å². The summed E-state index contributed by atoms with van der Waals surface area (Å²) in [7, 11) is 0. The van der Waals surface area contributed by atoms with Gasteiger partial charge in [0.25, 0.3) is 5.91 Å². The van der Waals surface area contributed by atoms with E-state index in [1.54, 1.807) is 0 Å². The van der Waals surface area contributed by atoms with Gasteiger partial charge in [-0.1, -0.05) is 5.16 Å². The molecule has 3 atom stereocenters. The third-order valence-corrected chi connectivity index (χ3v) is 4.78. The molecule has 1 aromatic rings. The van der Waals surface area contributed by atoms with Crippen molar-refractivity contribution in [2.75, 3.05) is 26.3 Å². The molecule has 0 saturated carbocycles. The van der Waals surface area contributed by atoms with E-state index in [4.69, 9.17) is 14.0 Å². The van der Waals surface area contributed by atoms with Crippen LogP contribution >= 0.6 is 0 Å². The highest BCUT2D eigenvalue weighted by Gasteiger charge is 2.31. The van der Waals surface area contributed by atoms with E-state index in [0.29, 0.717) is 24.9 Å². The van der Waals surface area contributed by atoms with Gasteiger partial charge in [0, 0.05) is 19.7 Å². The van der Waals surface area contributed by atoms with Crippen LogP contribution in [0.5, 0.6) is 0 Å². The second-order valence-electron chi connectivity index (χ2n) is 6.77. The highest BCUT2D eigenvalue weighted by atomic mass is 16.5. The van der Waals surface area contributed by atoms with Crippen molar-refractivity contribution in [3.05, 3.63) is 11.7 Å². The number of carbonyl (C=O) groups excluding carboxylic acids is 1. The summed E-state index contributed by atoms with van der Waals surface area (Å²) < 4.78 is 16.7. The quantitative estimate of drug-likeness (QED) is 0.818. The van der Waals surface area contributed by atoms with E-state index in [9.17, 15) is 4.79 Å². The molecule has 7 heteroatoms. The van der Waals surface area contributed by atoms with E-state index < -0.39 is 6.10 Å². The lowest BCUT2D eigenvalue weighted by Gasteiger charge is -2.33. The number of rotatable bonds is 5. The van der Waals surface area contributed by atoms with Gasteiger partial charge in [-0.05, 0) is 46.0 Å². The Morgan fingerprint density at radius 3 is 2.96 bits per heavy atom. The number of hydrogen-bond acceptors (Lipinski definition) is 6. The Morgan fingerprint density at radius 1 is 1.38 bits per heavy atom. The first-order valence-electron chi connectivity index (χ1n) is 8.95. The maximum atomic E-state index is 12.6. The van der Waals surface area contributed by atoms with Crippen LogP contribution in [-0.2, 0) is 14.3 Å². The predicted octanol–water partition coefficient (Wildman–Crippen LogP) is 2.06. The Kier molecular flexibility index (Phi) is 5.84. The summed E-state index contributed by atoms with van der Waals surface area (Å²) in [6.45, 7) is 6.30. The zero-order chi connectivity index (χ0) is 16.9. The molecule has 2 aliphatic rings. The Morgan fingerprint density at radius 2 is 2.25 bits per heavy atom. The lowest BCUT2D eigenvalue weighted by atomic mass is 9.97. The number of aromatic nitrogens is 2. The SMILES string of the molecule is Cc1noc(C2CCCN(C(=O)C(C)OCC3CCCCO3)C2)n1. The fourth-order valence-electron chi connectivity index (χ4n) is 3.38. The lowest BCUT2D eigenvalue weighted by Crippen LogP contribution is -2.45. The number of amides is 1. The van der Waals surface area contributed by atoms with Gasteiger partial charge >= 0.3 is 0 Å². The first-order valence-corrected chi connectivity index (χ1v) is 8.95. The van der Waals surface area contributed by atoms with Crippen molar-refractivity contribution in [1.29, 1.82) is 0 Å². The van der Waals surface area contributed by atoms with Crippen LogP contribution in [0, 0.1) is 6.92 Å². The van der Waals surface area contributed by atoms with E-state index in [2.05, 4.69) is 10.1 Å². The van der Waals surface area contributed by atoms with Crippen molar-refractivity contribution in [3.63, 3.8) is 0 Å². The molecular weight excluding hydrogens is 310 g/mol. The number of aryl methyl sites for hydroxylation is 1. The molecule has 0 spiro atoms. The third kappa shape index (κ3) is 4.33. The van der Waals surface area contributed by atoms with Crippen LogP contribution < -0.4 is 0 Å². The van der Waals surface area contributed by atoms with E-state index in [-0.39, 0.29) is 17.9 Å². The molecule has 2 fully saturated rings. The number of ether oxygens (including phenoxy) is 2. The predicted molar refractivity (Wildman–Crippen MR) is 86.6 cm³/mol. The summed E-state index contributed by atoms with van der Waals surface area (Å²) in [5.41, 5.74) is 0. The smallest absolute Gasteiger partial charge is 0.251 e. The molecule has 2 saturated heterocycles. The number of carbonyl (C=O) groups is 1. The van der Waals surface area contributed by atoms with E-state index >= 15 is 0 Å². The van der Waals surface area contributed by atoms with Gasteiger partial charge in [-0.25, -0.2) is 0 Å². The lowest BCUT2D eigenvalue weighted by molar-refractivity contribution is -0.147. The van der Waals surface area contributed by atoms with Gasteiger partial charge in [0.2, 0.25) is 5.89 Å². The van der Waals surface area contributed by atoms with Crippen molar-refractivity contribution in [2.45, 2.75) is 64.1 Å². The molecule has 0 radical (unpaired) electrons. The molecule has 134 valence electrons. The molecule has 1 aromatic heterocycles. The van der Waals surface area contributed by atoms with Gasteiger partial charge in [0.05, 0.1) is 18.6 Å². The molecule has 24 heavy (non-hydrogen) atoms. The molecule has 0 aromatic carbocycles. The average Bonchev–Trinajstić information content (AvgIpc) is 3.06. The first-order chi connectivity index (χ1) is 11.6. The number of piperidine rings is 1. The fraction of sp³-hybridized carbons (Fsp3) is 0.824. The largest absolute Gasteiger partial charge is 0.376 e. The van der Waals surface area contributed by atoms with E-state index in [1.807, 2.05) is 18.7 Å². The Labute approximate surface area is 142 Å². The van der Waals surface area contributed by atoms with Crippen LogP contribution in [0.4, 0.5) is 0 Å². The van der Waals surface area contributed by atoms with Crippen molar-refractivity contribution < 1.29 is 18.8 Å². The molecule has 7 nitrogen and oxygen atoms in total. The number of hydrogen-bond donors (Lipinski definition) is 0. The minimum absolute atomic E-state index is 0.0340. The van der Waals surface area contributed by atoms with Crippen LogP contribution in [0.3, 0.4) is 0 Å². The average molecular weight is 337 g/mol. The molecular formula is C17H27N3O4. The standard InChI is InChI=1S/C17H27N3O4/c1-12(23-11-15-7-3-4-9-22-15)17(21)20-8-5-6-14(10-20)16-18-13(2)19-24-16/h12,14-15H,3-11H2,1-2H3. The summed E-state index contributed by atoms with van der Waals surface area (Å²) in [5, 5.41) is 3.85. The highest BCUT2D eigenvalue weighted by Crippen LogP contribution is 2.26. The maximum Gasteiger partial charge on any atom is 0.251 e. The van der Waals surface area contributed by atoms with Crippen LogP contribution in [0.15, 0.2) is 4.52 Å². The number of likely N-dealkylation sites (tertiary alicyclic amines) is 1. The minimum atomic E-state index is -0.446. The summed E-state index contributed by atoms with van der Waals surface area (Å²) in [5.74, 6) is 1.43. The van der Waals surface area contributed by atoms with Crippen molar-refractivity contribution in [3.8, 4) is 0 Å².